The zero-order valence-corrected chi connectivity index (χ0v) is 11.5. The predicted molar refractivity (Wildman–Crippen MR) is 69.8 cm³/mol. The second-order valence-corrected chi connectivity index (χ2v) is 6.98. The first-order valence-corrected chi connectivity index (χ1v) is 7.65. The molecule has 6 nitrogen and oxygen atoms in total. The van der Waals surface area contributed by atoms with Crippen LogP contribution in [-0.4, -0.2) is 31.3 Å². The molecular weight excluding hydrogens is 256 g/mol. The maximum atomic E-state index is 11.3. The lowest BCUT2D eigenvalue weighted by Crippen LogP contribution is -2.24. The Morgan fingerprint density at radius 1 is 1.35 bits per heavy atom. The molecule has 6 heteroatoms. The fourth-order valence-electron chi connectivity index (χ4n) is 4.23. The van der Waals surface area contributed by atoms with E-state index in [9.17, 15) is 9.90 Å². The molecule has 1 heterocycles. The molecule has 3 aliphatic rings. The fraction of sp³-hybridized carbons (Fsp3) is 0.857. The average molecular weight is 276 g/mol. The number of nitrogens with zero attached hydrogens (tertiary/aromatic N) is 4. The van der Waals surface area contributed by atoms with Gasteiger partial charge in [-0.3, -0.25) is 4.79 Å². The van der Waals surface area contributed by atoms with E-state index in [1.165, 1.54) is 25.7 Å². The molecule has 20 heavy (non-hydrogen) atoms. The lowest BCUT2D eigenvalue weighted by Gasteiger charge is -2.21. The number of aliphatic carboxylic acids is 1. The van der Waals surface area contributed by atoms with Crippen molar-refractivity contribution in [3.63, 3.8) is 0 Å². The number of aromatic nitrogens is 4. The van der Waals surface area contributed by atoms with Crippen molar-refractivity contribution in [3.05, 3.63) is 5.82 Å². The number of tetrazole rings is 1. The van der Waals surface area contributed by atoms with Crippen LogP contribution >= 0.6 is 0 Å². The Morgan fingerprint density at radius 2 is 2.20 bits per heavy atom. The van der Waals surface area contributed by atoms with Gasteiger partial charge in [-0.2, -0.15) is 0 Å². The van der Waals surface area contributed by atoms with Gasteiger partial charge in [-0.15, -0.1) is 5.10 Å². The number of hydrogen-bond acceptors (Lipinski definition) is 4. The molecule has 2 bridgehead atoms. The molecule has 1 N–H and O–H groups in total. The van der Waals surface area contributed by atoms with Gasteiger partial charge in [-0.05, 0) is 60.3 Å². The van der Waals surface area contributed by atoms with E-state index < -0.39 is 11.4 Å². The van der Waals surface area contributed by atoms with Crippen molar-refractivity contribution < 1.29 is 9.90 Å². The number of fused-ring (bicyclic) bond motifs is 2. The molecule has 0 radical (unpaired) electrons. The Balaban J connectivity index is 1.47. The highest BCUT2D eigenvalue weighted by atomic mass is 16.4. The van der Waals surface area contributed by atoms with Crippen LogP contribution < -0.4 is 0 Å². The van der Waals surface area contributed by atoms with Gasteiger partial charge in [0, 0.05) is 6.42 Å². The number of rotatable bonds is 5. The van der Waals surface area contributed by atoms with E-state index >= 15 is 0 Å². The van der Waals surface area contributed by atoms with Crippen LogP contribution in [0, 0.1) is 23.2 Å². The van der Waals surface area contributed by atoms with E-state index in [0.717, 1.165) is 36.9 Å². The number of carboxylic acid groups (broad SMARTS) is 1. The highest BCUT2D eigenvalue weighted by molar-refractivity contribution is 5.77. The lowest BCUT2D eigenvalue weighted by molar-refractivity contribution is -0.144. The third-order valence-corrected chi connectivity index (χ3v) is 5.70. The molecule has 0 amide bonds. The van der Waals surface area contributed by atoms with Crippen LogP contribution in [0.5, 0.6) is 0 Å². The summed E-state index contributed by atoms with van der Waals surface area (Å²) in [7, 11) is 0. The van der Waals surface area contributed by atoms with E-state index in [0.29, 0.717) is 12.5 Å². The highest BCUT2D eigenvalue weighted by Crippen LogP contribution is 2.50. The first kappa shape index (κ1) is 12.3. The Morgan fingerprint density at radius 3 is 2.80 bits per heavy atom. The van der Waals surface area contributed by atoms with Gasteiger partial charge >= 0.3 is 5.97 Å². The zero-order chi connectivity index (χ0) is 13.7. The third kappa shape index (κ3) is 1.93. The Bertz CT molecular complexity index is 537. The molecule has 1 aromatic heterocycles. The zero-order valence-electron chi connectivity index (χ0n) is 11.5. The number of hydrogen-bond donors (Lipinski definition) is 1. The van der Waals surface area contributed by atoms with Crippen molar-refractivity contribution in [3.8, 4) is 0 Å². The second kappa shape index (κ2) is 4.27. The van der Waals surface area contributed by atoms with Crippen molar-refractivity contribution >= 4 is 5.97 Å². The molecule has 3 saturated carbocycles. The molecule has 4 rings (SSSR count). The normalized spacial score (nSPS) is 33.5. The summed E-state index contributed by atoms with van der Waals surface area (Å²) in [5.74, 6) is 2.65. The SMILES string of the molecule is O=C(O)C1(Cn2nnnc2CC2CC3CCC2C3)CC1. The summed E-state index contributed by atoms with van der Waals surface area (Å²) in [4.78, 5) is 11.3. The van der Waals surface area contributed by atoms with Crippen LogP contribution in [0.1, 0.15) is 44.3 Å². The topological polar surface area (TPSA) is 80.9 Å². The van der Waals surface area contributed by atoms with E-state index in [1.54, 1.807) is 4.68 Å². The molecule has 0 spiro atoms. The van der Waals surface area contributed by atoms with Gasteiger partial charge in [0.1, 0.15) is 0 Å². The molecule has 1 aromatic rings. The summed E-state index contributed by atoms with van der Waals surface area (Å²) in [6.45, 7) is 0.436. The molecule has 3 atom stereocenters. The van der Waals surface area contributed by atoms with Crippen LogP contribution in [0.4, 0.5) is 0 Å². The van der Waals surface area contributed by atoms with Gasteiger partial charge in [0.05, 0.1) is 12.0 Å². The Hall–Kier alpha value is -1.46. The maximum absolute atomic E-state index is 11.3. The van der Waals surface area contributed by atoms with Crippen LogP contribution in [-0.2, 0) is 17.8 Å². The van der Waals surface area contributed by atoms with E-state index in [4.69, 9.17) is 0 Å². The van der Waals surface area contributed by atoms with Gasteiger partial charge in [-0.1, -0.05) is 6.42 Å². The second-order valence-electron chi connectivity index (χ2n) is 6.98. The van der Waals surface area contributed by atoms with Gasteiger partial charge in [0.2, 0.25) is 0 Å². The van der Waals surface area contributed by atoms with Crippen LogP contribution in [0.2, 0.25) is 0 Å². The fourth-order valence-corrected chi connectivity index (χ4v) is 4.23. The summed E-state index contributed by atoms with van der Waals surface area (Å²) in [5.41, 5.74) is -0.598. The van der Waals surface area contributed by atoms with Gasteiger partial charge in [0.25, 0.3) is 0 Å². The van der Waals surface area contributed by atoms with Crippen molar-refractivity contribution in [2.45, 2.75) is 51.5 Å². The minimum atomic E-state index is -0.709. The van der Waals surface area contributed by atoms with Crippen molar-refractivity contribution in [1.82, 2.24) is 20.2 Å². The molecular formula is C14H20N4O2. The summed E-state index contributed by atoms with van der Waals surface area (Å²) in [6, 6.07) is 0. The summed E-state index contributed by atoms with van der Waals surface area (Å²) < 4.78 is 1.74. The number of carbonyl (C=O) groups is 1. The first-order chi connectivity index (χ1) is 9.66. The van der Waals surface area contributed by atoms with Gasteiger partial charge in [0.15, 0.2) is 5.82 Å². The minimum Gasteiger partial charge on any atom is -0.481 e. The van der Waals surface area contributed by atoms with E-state index in [2.05, 4.69) is 15.5 Å². The van der Waals surface area contributed by atoms with Crippen LogP contribution in [0.15, 0.2) is 0 Å². The molecule has 0 saturated heterocycles. The van der Waals surface area contributed by atoms with E-state index in [1.807, 2.05) is 0 Å². The monoisotopic (exact) mass is 276 g/mol. The quantitative estimate of drug-likeness (QED) is 0.881. The largest absolute Gasteiger partial charge is 0.481 e. The van der Waals surface area contributed by atoms with Crippen LogP contribution in [0.3, 0.4) is 0 Å². The summed E-state index contributed by atoms with van der Waals surface area (Å²) >= 11 is 0. The third-order valence-electron chi connectivity index (χ3n) is 5.70. The molecule has 3 unspecified atom stereocenters. The smallest absolute Gasteiger partial charge is 0.311 e. The van der Waals surface area contributed by atoms with E-state index in [-0.39, 0.29) is 0 Å². The lowest BCUT2D eigenvalue weighted by atomic mass is 9.86. The molecule has 3 fully saturated rings. The Kier molecular flexibility index (Phi) is 2.62. The average Bonchev–Trinajstić information content (AvgIpc) is 2.77. The molecule has 3 aliphatic carbocycles. The standard InChI is InChI=1S/C14H20N4O2/c19-13(20)14(3-4-14)8-18-12(15-16-17-18)7-11-6-9-1-2-10(11)5-9/h9-11H,1-8H2,(H,19,20). The Labute approximate surface area is 117 Å². The van der Waals surface area contributed by atoms with Crippen molar-refractivity contribution in [2.24, 2.45) is 23.2 Å². The van der Waals surface area contributed by atoms with Crippen molar-refractivity contribution in [1.29, 1.82) is 0 Å². The molecule has 108 valence electrons. The summed E-state index contributed by atoms with van der Waals surface area (Å²) in [5, 5.41) is 21.2. The molecule has 0 aromatic carbocycles. The van der Waals surface area contributed by atoms with Crippen molar-refractivity contribution in [2.75, 3.05) is 0 Å². The van der Waals surface area contributed by atoms with Gasteiger partial charge < -0.3 is 5.11 Å². The molecule has 0 aliphatic heterocycles. The minimum absolute atomic E-state index is 0.436. The highest BCUT2D eigenvalue weighted by Gasteiger charge is 2.51. The first-order valence-electron chi connectivity index (χ1n) is 7.65. The maximum Gasteiger partial charge on any atom is 0.311 e. The van der Waals surface area contributed by atoms with Gasteiger partial charge in [-0.25, -0.2) is 4.68 Å². The number of carboxylic acids is 1. The van der Waals surface area contributed by atoms with Crippen LogP contribution in [0.25, 0.3) is 0 Å². The summed E-state index contributed by atoms with van der Waals surface area (Å²) in [6.07, 6.45) is 7.85. The predicted octanol–water partition coefficient (Wildman–Crippen LogP) is 1.52.